The van der Waals surface area contributed by atoms with Crippen molar-refractivity contribution in [2.75, 3.05) is 0 Å². The van der Waals surface area contributed by atoms with Gasteiger partial charge in [0.05, 0.1) is 6.10 Å². The van der Waals surface area contributed by atoms with Crippen molar-refractivity contribution >= 4 is 0 Å². The molecule has 1 N–H and O–H groups in total. The highest BCUT2D eigenvalue weighted by Crippen LogP contribution is 2.53. The third kappa shape index (κ3) is 2.14. The number of rotatable bonds is 2. The van der Waals surface area contributed by atoms with Crippen molar-refractivity contribution in [3.63, 3.8) is 0 Å². The molecule has 1 aromatic carbocycles. The fraction of sp³-hybridized carbons (Fsp3) is 0.625. The summed E-state index contributed by atoms with van der Waals surface area (Å²) in [5, 5.41) is 10.1. The van der Waals surface area contributed by atoms with E-state index in [1.54, 1.807) is 19.1 Å². The molecule has 0 radical (unpaired) electrons. The van der Waals surface area contributed by atoms with Crippen molar-refractivity contribution in [2.24, 2.45) is 5.41 Å². The fourth-order valence-corrected chi connectivity index (χ4v) is 3.61. The second kappa shape index (κ2) is 4.78. The van der Waals surface area contributed by atoms with E-state index in [0.29, 0.717) is 12.0 Å². The first-order valence-electron chi connectivity index (χ1n) is 7.23. The van der Waals surface area contributed by atoms with E-state index in [0.717, 1.165) is 18.6 Å². The summed E-state index contributed by atoms with van der Waals surface area (Å²) in [7, 11) is 0. The second-order valence-corrected chi connectivity index (χ2v) is 6.06. The molecule has 0 amide bonds. The quantitative estimate of drug-likeness (QED) is 0.884. The lowest BCUT2D eigenvalue weighted by atomic mass is 9.56. The Labute approximate surface area is 113 Å². The SMILES string of the molecule is Cc1cc(OC2CC(O)C23CCCCC3)ccc1F. The number of halogens is 1. The summed E-state index contributed by atoms with van der Waals surface area (Å²) in [5.41, 5.74) is 0.565. The van der Waals surface area contributed by atoms with Crippen LogP contribution in [0.15, 0.2) is 18.2 Å². The van der Waals surface area contributed by atoms with Crippen LogP contribution in [0.25, 0.3) is 0 Å². The van der Waals surface area contributed by atoms with Crippen molar-refractivity contribution in [3.05, 3.63) is 29.6 Å². The zero-order valence-electron chi connectivity index (χ0n) is 11.4. The first-order valence-corrected chi connectivity index (χ1v) is 7.23. The lowest BCUT2D eigenvalue weighted by Crippen LogP contribution is -2.60. The van der Waals surface area contributed by atoms with Gasteiger partial charge in [-0.15, -0.1) is 0 Å². The van der Waals surface area contributed by atoms with Crippen LogP contribution in [0.3, 0.4) is 0 Å². The first-order chi connectivity index (χ1) is 9.12. The molecule has 0 aliphatic heterocycles. The second-order valence-electron chi connectivity index (χ2n) is 6.06. The third-order valence-electron chi connectivity index (χ3n) is 4.93. The number of benzene rings is 1. The van der Waals surface area contributed by atoms with Crippen molar-refractivity contribution in [1.29, 1.82) is 0 Å². The predicted molar refractivity (Wildman–Crippen MR) is 71.7 cm³/mol. The van der Waals surface area contributed by atoms with Crippen LogP contribution < -0.4 is 4.74 Å². The van der Waals surface area contributed by atoms with Gasteiger partial charge in [0.1, 0.15) is 17.7 Å². The largest absolute Gasteiger partial charge is 0.490 e. The minimum Gasteiger partial charge on any atom is -0.490 e. The number of hydrogen-bond acceptors (Lipinski definition) is 2. The zero-order valence-corrected chi connectivity index (χ0v) is 11.4. The van der Waals surface area contributed by atoms with Crippen molar-refractivity contribution < 1.29 is 14.2 Å². The Hall–Kier alpha value is -1.09. The molecule has 104 valence electrons. The van der Waals surface area contributed by atoms with E-state index in [9.17, 15) is 9.50 Å². The Morgan fingerprint density at radius 2 is 2.00 bits per heavy atom. The van der Waals surface area contributed by atoms with Gasteiger partial charge in [0.25, 0.3) is 0 Å². The van der Waals surface area contributed by atoms with Gasteiger partial charge in [0, 0.05) is 11.8 Å². The van der Waals surface area contributed by atoms with Crippen molar-refractivity contribution in [2.45, 2.75) is 57.7 Å². The van der Waals surface area contributed by atoms with Crippen LogP contribution in [0.1, 0.15) is 44.1 Å². The molecule has 3 heteroatoms. The Morgan fingerprint density at radius 1 is 1.26 bits per heavy atom. The number of aryl methyl sites for hydroxylation is 1. The van der Waals surface area contributed by atoms with Crippen LogP contribution in [0, 0.1) is 18.2 Å². The third-order valence-corrected chi connectivity index (χ3v) is 4.93. The highest BCUT2D eigenvalue weighted by Gasteiger charge is 2.56. The fourth-order valence-electron chi connectivity index (χ4n) is 3.61. The molecule has 0 bridgehead atoms. The molecule has 2 atom stereocenters. The molecule has 2 saturated carbocycles. The summed E-state index contributed by atoms with van der Waals surface area (Å²) in [6, 6.07) is 4.88. The summed E-state index contributed by atoms with van der Waals surface area (Å²) in [4.78, 5) is 0. The molecule has 2 nitrogen and oxygen atoms in total. The molecule has 19 heavy (non-hydrogen) atoms. The van der Waals surface area contributed by atoms with E-state index in [-0.39, 0.29) is 23.4 Å². The van der Waals surface area contributed by atoms with Crippen molar-refractivity contribution in [3.8, 4) is 5.75 Å². The van der Waals surface area contributed by atoms with E-state index in [1.807, 2.05) is 0 Å². The summed E-state index contributed by atoms with van der Waals surface area (Å²) in [6.07, 6.45) is 6.30. The van der Waals surface area contributed by atoms with Gasteiger partial charge in [0.2, 0.25) is 0 Å². The minimum absolute atomic E-state index is 0.0411. The van der Waals surface area contributed by atoms with E-state index in [1.165, 1.54) is 25.3 Å². The standard InChI is InChI=1S/C16H21FO2/c1-11-9-12(5-6-13(11)17)19-15-10-14(18)16(15)7-3-2-4-8-16/h5-6,9,14-15,18H,2-4,7-8,10H2,1H3. The first kappa shape index (κ1) is 12.9. The maximum absolute atomic E-state index is 13.2. The van der Waals surface area contributed by atoms with Crippen molar-refractivity contribution in [1.82, 2.24) is 0 Å². The molecule has 2 aliphatic rings. The molecule has 2 aliphatic carbocycles. The molecule has 2 fully saturated rings. The van der Waals surface area contributed by atoms with Crippen LogP contribution in [0.2, 0.25) is 0 Å². The van der Waals surface area contributed by atoms with Gasteiger partial charge in [0.15, 0.2) is 0 Å². The monoisotopic (exact) mass is 264 g/mol. The molecule has 2 unspecified atom stereocenters. The topological polar surface area (TPSA) is 29.5 Å². The minimum atomic E-state index is -0.223. The maximum Gasteiger partial charge on any atom is 0.126 e. The lowest BCUT2D eigenvalue weighted by Gasteiger charge is -2.55. The Morgan fingerprint density at radius 3 is 2.63 bits per heavy atom. The van der Waals surface area contributed by atoms with Crippen LogP contribution >= 0.6 is 0 Å². The average Bonchev–Trinajstić information content (AvgIpc) is 2.43. The van der Waals surface area contributed by atoms with Crippen LogP contribution in [0.5, 0.6) is 5.75 Å². The number of ether oxygens (including phenoxy) is 1. The lowest BCUT2D eigenvalue weighted by molar-refractivity contribution is -0.172. The molecule has 0 saturated heterocycles. The summed E-state index contributed by atoms with van der Waals surface area (Å²) < 4.78 is 19.3. The van der Waals surface area contributed by atoms with Gasteiger partial charge in [-0.3, -0.25) is 0 Å². The Bertz CT molecular complexity index is 466. The van der Waals surface area contributed by atoms with Gasteiger partial charge in [-0.2, -0.15) is 0 Å². The molecular weight excluding hydrogens is 243 g/mol. The summed E-state index contributed by atoms with van der Waals surface area (Å²) in [6.45, 7) is 1.74. The molecule has 3 rings (SSSR count). The molecule has 1 spiro atoms. The Kier molecular flexibility index (Phi) is 3.25. The highest BCUT2D eigenvalue weighted by molar-refractivity contribution is 5.29. The van der Waals surface area contributed by atoms with Gasteiger partial charge in [-0.25, -0.2) is 4.39 Å². The number of aliphatic hydroxyl groups is 1. The van der Waals surface area contributed by atoms with E-state index < -0.39 is 0 Å². The van der Waals surface area contributed by atoms with Crippen LogP contribution in [-0.2, 0) is 0 Å². The summed E-state index contributed by atoms with van der Waals surface area (Å²) >= 11 is 0. The smallest absolute Gasteiger partial charge is 0.126 e. The van der Waals surface area contributed by atoms with E-state index >= 15 is 0 Å². The van der Waals surface area contributed by atoms with E-state index in [4.69, 9.17) is 4.74 Å². The van der Waals surface area contributed by atoms with Gasteiger partial charge < -0.3 is 9.84 Å². The predicted octanol–water partition coefficient (Wildman–Crippen LogP) is 3.60. The van der Waals surface area contributed by atoms with E-state index in [2.05, 4.69) is 0 Å². The normalized spacial score (nSPS) is 29.0. The zero-order chi connectivity index (χ0) is 13.5. The molecule has 1 aromatic rings. The molecular formula is C16H21FO2. The van der Waals surface area contributed by atoms with Crippen LogP contribution in [0.4, 0.5) is 4.39 Å². The van der Waals surface area contributed by atoms with Gasteiger partial charge in [-0.05, 0) is 43.5 Å². The average molecular weight is 264 g/mol. The van der Waals surface area contributed by atoms with Gasteiger partial charge in [-0.1, -0.05) is 19.3 Å². The molecule has 0 aromatic heterocycles. The maximum atomic E-state index is 13.2. The molecule has 0 heterocycles. The Balaban J connectivity index is 1.74. The highest BCUT2D eigenvalue weighted by atomic mass is 19.1. The number of hydrogen-bond donors (Lipinski definition) is 1. The number of aliphatic hydroxyl groups excluding tert-OH is 1. The van der Waals surface area contributed by atoms with Crippen LogP contribution in [-0.4, -0.2) is 17.3 Å². The summed E-state index contributed by atoms with van der Waals surface area (Å²) in [5.74, 6) is 0.522. The van der Waals surface area contributed by atoms with Gasteiger partial charge >= 0.3 is 0 Å².